The van der Waals surface area contributed by atoms with Crippen LogP contribution in [0.15, 0.2) is 36.4 Å². The van der Waals surface area contributed by atoms with Crippen LogP contribution in [0.5, 0.6) is 0 Å². The maximum absolute atomic E-state index is 14.5. The van der Waals surface area contributed by atoms with Gasteiger partial charge in [-0.25, -0.2) is 13.2 Å². The Bertz CT molecular complexity index is 1830. The number of fused-ring (bicyclic) bond motifs is 10. The van der Waals surface area contributed by atoms with Crippen LogP contribution in [-0.2, 0) is 4.74 Å². The van der Waals surface area contributed by atoms with Crippen molar-refractivity contribution in [1.29, 1.82) is 0 Å². The number of aromatic nitrogens is 2. The van der Waals surface area contributed by atoms with E-state index in [2.05, 4.69) is 10.3 Å². The Morgan fingerprint density at radius 1 is 0.973 bits per heavy atom. The molecule has 8 nitrogen and oxygen atoms in total. The minimum absolute atomic E-state index is 0.0134. The minimum atomic E-state index is -1.49. The number of rotatable bonds is 2. The van der Waals surface area contributed by atoms with Gasteiger partial charge in [0.2, 0.25) is 0 Å². The zero-order valence-corrected chi connectivity index (χ0v) is 18.9. The summed E-state index contributed by atoms with van der Waals surface area (Å²) in [4.78, 5) is 29.3. The largest absolute Gasteiger partial charge is 0.390 e. The van der Waals surface area contributed by atoms with Gasteiger partial charge in [0.1, 0.15) is 24.4 Å². The summed E-state index contributed by atoms with van der Waals surface area (Å²) >= 11 is 0. The first-order chi connectivity index (χ1) is 17.8. The van der Waals surface area contributed by atoms with E-state index in [-0.39, 0.29) is 39.2 Å². The number of H-pyrrole nitrogens is 1. The fraction of sp³-hybridized carbons (Fsp3) is 0.231. The van der Waals surface area contributed by atoms with Gasteiger partial charge in [0, 0.05) is 33.5 Å². The molecule has 11 heteroatoms. The maximum atomic E-state index is 14.5. The third kappa shape index (κ3) is 2.90. The molecule has 2 aliphatic rings. The highest BCUT2D eigenvalue weighted by Crippen LogP contribution is 2.46. The number of carbonyl (C=O) groups is 2. The summed E-state index contributed by atoms with van der Waals surface area (Å²) in [6.07, 6.45) is -5.29. The van der Waals surface area contributed by atoms with Crippen molar-refractivity contribution < 1.29 is 37.7 Å². The third-order valence-electron chi connectivity index (χ3n) is 7.34. The number of aliphatic hydroxyl groups excluding tert-OH is 2. The number of halogens is 3. The van der Waals surface area contributed by atoms with Crippen LogP contribution in [0.4, 0.5) is 13.2 Å². The van der Waals surface area contributed by atoms with Gasteiger partial charge in [0.15, 0.2) is 6.23 Å². The first-order valence-electron chi connectivity index (χ1n) is 11.6. The highest BCUT2D eigenvalue weighted by Gasteiger charge is 2.42. The Labute approximate surface area is 205 Å². The Hall–Kier alpha value is -3.93. The summed E-state index contributed by atoms with van der Waals surface area (Å²) in [5, 5.41) is 24.8. The van der Waals surface area contributed by atoms with E-state index < -0.39 is 54.7 Å². The molecule has 188 valence electrons. The number of carbonyl (C=O) groups excluding carboxylic acids is 2. The number of imide groups is 1. The maximum Gasteiger partial charge on any atom is 0.259 e. The molecule has 4 N–H and O–H groups in total. The Balaban J connectivity index is 1.73. The molecule has 2 amide bonds. The molecule has 7 rings (SSSR count). The lowest BCUT2D eigenvalue weighted by atomic mass is 9.96. The van der Waals surface area contributed by atoms with Gasteiger partial charge in [-0.1, -0.05) is 0 Å². The van der Waals surface area contributed by atoms with E-state index in [1.807, 2.05) is 0 Å². The van der Waals surface area contributed by atoms with Crippen molar-refractivity contribution in [3.05, 3.63) is 59.2 Å². The van der Waals surface area contributed by atoms with Gasteiger partial charge in [-0.05, 0) is 36.4 Å². The van der Waals surface area contributed by atoms with Gasteiger partial charge < -0.3 is 24.5 Å². The number of hydrogen-bond acceptors (Lipinski definition) is 5. The molecule has 0 radical (unpaired) electrons. The molecular formula is C26H18F3N3O5. The first-order valence-corrected chi connectivity index (χ1v) is 11.6. The van der Waals surface area contributed by atoms with Crippen LogP contribution in [0.25, 0.3) is 43.6 Å². The Kier molecular flexibility index (Phi) is 4.54. The van der Waals surface area contributed by atoms with Crippen LogP contribution in [0.3, 0.4) is 0 Å². The molecule has 1 saturated heterocycles. The fourth-order valence-electron chi connectivity index (χ4n) is 5.83. The number of amides is 2. The summed E-state index contributed by atoms with van der Waals surface area (Å²) in [6.45, 7) is -0.917. The number of ether oxygens (including phenoxy) is 1. The van der Waals surface area contributed by atoms with Crippen molar-refractivity contribution in [3.8, 4) is 0 Å². The number of benzene rings is 3. The number of nitrogens with one attached hydrogen (secondary N) is 2. The van der Waals surface area contributed by atoms with Crippen molar-refractivity contribution in [1.82, 2.24) is 14.9 Å². The van der Waals surface area contributed by atoms with Crippen molar-refractivity contribution in [2.75, 3.05) is 6.67 Å². The van der Waals surface area contributed by atoms with Crippen LogP contribution < -0.4 is 5.32 Å². The van der Waals surface area contributed by atoms with Gasteiger partial charge in [-0.3, -0.25) is 14.9 Å². The summed E-state index contributed by atoms with van der Waals surface area (Å²) in [5.74, 6) is -2.57. The van der Waals surface area contributed by atoms with Crippen LogP contribution >= 0.6 is 0 Å². The predicted molar refractivity (Wildman–Crippen MR) is 127 cm³/mol. The number of nitrogens with zero attached hydrogens (tertiary/aromatic N) is 1. The van der Waals surface area contributed by atoms with Crippen LogP contribution in [0.2, 0.25) is 0 Å². The van der Waals surface area contributed by atoms with Crippen LogP contribution in [0.1, 0.15) is 33.4 Å². The van der Waals surface area contributed by atoms with Crippen molar-refractivity contribution in [2.45, 2.75) is 31.0 Å². The Morgan fingerprint density at radius 3 is 2.38 bits per heavy atom. The summed E-state index contributed by atoms with van der Waals surface area (Å²) < 4.78 is 49.8. The highest BCUT2D eigenvalue weighted by molar-refractivity contribution is 6.39. The molecule has 4 heterocycles. The van der Waals surface area contributed by atoms with Gasteiger partial charge in [-0.2, -0.15) is 0 Å². The lowest BCUT2D eigenvalue weighted by Crippen LogP contribution is -2.46. The van der Waals surface area contributed by atoms with E-state index in [1.165, 1.54) is 41.0 Å². The average molecular weight is 509 g/mol. The van der Waals surface area contributed by atoms with E-state index in [1.54, 1.807) is 0 Å². The first kappa shape index (κ1) is 22.3. The van der Waals surface area contributed by atoms with Crippen LogP contribution in [-0.4, -0.2) is 56.6 Å². The molecule has 2 aliphatic heterocycles. The van der Waals surface area contributed by atoms with E-state index in [0.717, 1.165) is 0 Å². The molecule has 0 aliphatic carbocycles. The smallest absolute Gasteiger partial charge is 0.259 e. The highest BCUT2D eigenvalue weighted by atomic mass is 19.1. The van der Waals surface area contributed by atoms with Crippen molar-refractivity contribution in [2.24, 2.45) is 0 Å². The van der Waals surface area contributed by atoms with Gasteiger partial charge in [0.05, 0.1) is 39.9 Å². The second-order valence-electron chi connectivity index (χ2n) is 9.45. The number of alkyl halides is 1. The molecule has 0 spiro atoms. The molecule has 37 heavy (non-hydrogen) atoms. The fourth-order valence-corrected chi connectivity index (χ4v) is 5.83. The molecule has 0 bridgehead atoms. The number of aromatic amines is 1. The minimum Gasteiger partial charge on any atom is -0.390 e. The molecule has 5 aromatic rings. The van der Waals surface area contributed by atoms with Gasteiger partial charge in [0.25, 0.3) is 11.8 Å². The van der Waals surface area contributed by atoms with E-state index in [0.29, 0.717) is 21.9 Å². The average Bonchev–Trinajstić information content (AvgIpc) is 3.49. The second kappa shape index (κ2) is 7.54. The zero-order chi connectivity index (χ0) is 25.7. The van der Waals surface area contributed by atoms with E-state index in [9.17, 15) is 33.0 Å². The molecule has 3 aromatic carbocycles. The van der Waals surface area contributed by atoms with Crippen molar-refractivity contribution >= 4 is 55.4 Å². The summed E-state index contributed by atoms with van der Waals surface area (Å²) in [6, 6.07) is 7.75. The van der Waals surface area contributed by atoms with E-state index >= 15 is 0 Å². The standard InChI is InChI=1S/C26H18F3N3O5/c27-8-11-7-16(33)23(34)26(37-11)32-15-4-2-10(29)6-13(15)18-20-19(24(35)31-25(20)36)17-12-5-9(28)1-3-14(12)30-21(17)22(18)32/h1-6,11,16,23,26,30,33-34H,7-8H2,(H,31,35,36)/t11-,16-,23+,26?/m0/s1. The normalized spacial score (nSPS) is 24.0. The second-order valence-corrected chi connectivity index (χ2v) is 9.45. The molecule has 0 saturated carbocycles. The quantitative estimate of drug-likeness (QED) is 0.272. The number of aliphatic hydroxyl groups is 2. The monoisotopic (exact) mass is 509 g/mol. The topological polar surface area (TPSA) is 117 Å². The lowest BCUT2D eigenvalue weighted by Gasteiger charge is -2.37. The molecule has 1 fully saturated rings. The zero-order valence-electron chi connectivity index (χ0n) is 18.9. The van der Waals surface area contributed by atoms with Crippen molar-refractivity contribution in [3.63, 3.8) is 0 Å². The molecule has 2 aromatic heterocycles. The summed E-state index contributed by atoms with van der Waals surface area (Å²) in [5.41, 5.74) is 1.33. The van der Waals surface area contributed by atoms with Crippen LogP contribution in [0, 0.1) is 11.6 Å². The van der Waals surface area contributed by atoms with E-state index in [4.69, 9.17) is 4.74 Å². The summed E-state index contributed by atoms with van der Waals surface area (Å²) in [7, 11) is 0. The number of hydrogen-bond donors (Lipinski definition) is 4. The predicted octanol–water partition coefficient (Wildman–Crippen LogP) is 3.57. The third-order valence-corrected chi connectivity index (χ3v) is 7.34. The SMILES string of the molecule is O=C1NC(=O)c2c1c1c3cc(F)ccc3[nH]c1c1c2c2cc(F)ccc2n1C1O[C@H](CF)C[C@H](O)[C@H]1O. The molecular weight excluding hydrogens is 491 g/mol. The Morgan fingerprint density at radius 2 is 1.65 bits per heavy atom. The molecule has 1 unspecified atom stereocenters. The van der Waals surface area contributed by atoms with Gasteiger partial charge >= 0.3 is 0 Å². The molecule has 4 atom stereocenters. The van der Waals surface area contributed by atoms with Gasteiger partial charge in [-0.15, -0.1) is 0 Å². The lowest BCUT2D eigenvalue weighted by molar-refractivity contribution is -0.198.